The lowest BCUT2D eigenvalue weighted by Crippen LogP contribution is -2.52. The van der Waals surface area contributed by atoms with E-state index in [1.807, 2.05) is 6.20 Å². The van der Waals surface area contributed by atoms with Crippen LogP contribution in [-0.2, 0) is 6.18 Å². The summed E-state index contributed by atoms with van der Waals surface area (Å²) in [4.78, 5) is 24.5. The molecule has 38 heavy (non-hydrogen) atoms. The molecule has 2 aliphatic rings. The minimum Gasteiger partial charge on any atom is -0.353 e. The lowest BCUT2D eigenvalue weighted by atomic mass is 10.1. The Labute approximate surface area is 215 Å². The SMILES string of the molecule is FCC1CN(c2nc(-c3ccnc(Nc4cc(C(F)(F)F)ccn4)c3)nc3cncc(C4CC4)c23)CCN1. The molecule has 4 aromatic heterocycles. The average molecular weight is 525 g/mol. The van der Waals surface area contributed by atoms with Crippen molar-refractivity contribution in [2.75, 3.05) is 36.5 Å². The second-order valence-electron chi connectivity index (χ2n) is 9.50. The number of nitrogens with zero attached hydrogens (tertiary/aromatic N) is 6. The van der Waals surface area contributed by atoms with Gasteiger partial charge in [0, 0.05) is 49.2 Å². The zero-order valence-corrected chi connectivity index (χ0v) is 20.2. The van der Waals surface area contributed by atoms with Crippen molar-refractivity contribution in [3.63, 3.8) is 0 Å². The van der Waals surface area contributed by atoms with E-state index in [0.29, 0.717) is 48.3 Å². The molecular weight excluding hydrogens is 500 g/mol. The summed E-state index contributed by atoms with van der Waals surface area (Å²) < 4.78 is 52.9. The third-order valence-corrected chi connectivity index (χ3v) is 6.74. The second-order valence-corrected chi connectivity index (χ2v) is 9.50. The lowest BCUT2D eigenvalue weighted by molar-refractivity contribution is -0.137. The van der Waals surface area contributed by atoms with Crippen LogP contribution < -0.4 is 15.5 Å². The van der Waals surface area contributed by atoms with E-state index < -0.39 is 18.4 Å². The van der Waals surface area contributed by atoms with Crippen molar-refractivity contribution in [1.29, 1.82) is 0 Å². The third kappa shape index (κ3) is 4.95. The minimum absolute atomic E-state index is 0.0148. The molecular formula is C26H24F4N8. The number of halogens is 4. The summed E-state index contributed by atoms with van der Waals surface area (Å²) in [7, 11) is 0. The molecule has 0 bridgehead atoms. The quantitative estimate of drug-likeness (QED) is 0.346. The summed E-state index contributed by atoms with van der Waals surface area (Å²) in [5, 5.41) is 6.96. The average Bonchev–Trinajstić information content (AvgIpc) is 3.78. The van der Waals surface area contributed by atoms with Gasteiger partial charge in [0.15, 0.2) is 5.82 Å². The van der Waals surface area contributed by atoms with Crippen LogP contribution in [0.3, 0.4) is 0 Å². The molecule has 1 aliphatic heterocycles. The van der Waals surface area contributed by atoms with Crippen LogP contribution in [0.15, 0.2) is 49.1 Å². The van der Waals surface area contributed by atoms with Crippen LogP contribution in [0.2, 0.25) is 0 Å². The Morgan fingerprint density at radius 1 is 1.03 bits per heavy atom. The largest absolute Gasteiger partial charge is 0.416 e. The van der Waals surface area contributed by atoms with Gasteiger partial charge < -0.3 is 15.5 Å². The lowest BCUT2D eigenvalue weighted by Gasteiger charge is -2.34. The molecule has 0 aromatic carbocycles. The van der Waals surface area contributed by atoms with Crippen molar-refractivity contribution in [1.82, 2.24) is 30.2 Å². The van der Waals surface area contributed by atoms with Gasteiger partial charge in [-0.25, -0.2) is 24.3 Å². The van der Waals surface area contributed by atoms with Gasteiger partial charge in [0.25, 0.3) is 0 Å². The van der Waals surface area contributed by atoms with E-state index in [4.69, 9.17) is 9.97 Å². The fourth-order valence-electron chi connectivity index (χ4n) is 4.72. The number of nitrogens with one attached hydrogen (secondary N) is 2. The zero-order valence-electron chi connectivity index (χ0n) is 20.2. The van der Waals surface area contributed by atoms with E-state index in [-0.39, 0.29) is 11.9 Å². The van der Waals surface area contributed by atoms with E-state index in [2.05, 4.69) is 30.5 Å². The maximum Gasteiger partial charge on any atom is 0.416 e. The number of piperazine rings is 1. The Kier molecular flexibility index (Phi) is 6.26. The molecule has 0 amide bonds. The Balaban J connectivity index is 1.40. The van der Waals surface area contributed by atoms with Gasteiger partial charge in [0.05, 0.1) is 23.3 Å². The predicted octanol–water partition coefficient (Wildman–Crippen LogP) is 4.87. The molecule has 0 radical (unpaired) electrons. The number of hydrogen-bond donors (Lipinski definition) is 2. The number of pyridine rings is 3. The summed E-state index contributed by atoms with van der Waals surface area (Å²) in [5.41, 5.74) is 1.60. The van der Waals surface area contributed by atoms with Gasteiger partial charge in [-0.05, 0) is 48.6 Å². The molecule has 5 heterocycles. The van der Waals surface area contributed by atoms with Crippen LogP contribution in [0.25, 0.3) is 22.3 Å². The summed E-state index contributed by atoms with van der Waals surface area (Å²) in [6.45, 7) is 1.29. The van der Waals surface area contributed by atoms with Crippen molar-refractivity contribution in [2.24, 2.45) is 0 Å². The van der Waals surface area contributed by atoms with E-state index in [1.54, 1.807) is 18.3 Å². The highest BCUT2D eigenvalue weighted by molar-refractivity contribution is 5.94. The Morgan fingerprint density at radius 3 is 2.58 bits per heavy atom. The fourth-order valence-corrected chi connectivity index (χ4v) is 4.72. The van der Waals surface area contributed by atoms with Crippen molar-refractivity contribution in [3.8, 4) is 11.4 Å². The second kappa shape index (κ2) is 9.75. The first kappa shape index (κ1) is 24.4. The molecule has 1 atom stereocenters. The van der Waals surface area contributed by atoms with Crippen molar-refractivity contribution in [2.45, 2.75) is 31.0 Å². The van der Waals surface area contributed by atoms with E-state index in [1.165, 1.54) is 6.20 Å². The first-order valence-corrected chi connectivity index (χ1v) is 12.4. The van der Waals surface area contributed by atoms with Gasteiger partial charge in [-0.15, -0.1) is 0 Å². The van der Waals surface area contributed by atoms with Crippen LogP contribution in [-0.4, -0.2) is 57.3 Å². The molecule has 6 rings (SSSR count). The van der Waals surface area contributed by atoms with Crippen LogP contribution in [0.4, 0.5) is 35.0 Å². The van der Waals surface area contributed by atoms with E-state index in [9.17, 15) is 17.6 Å². The van der Waals surface area contributed by atoms with Crippen LogP contribution >= 0.6 is 0 Å². The predicted molar refractivity (Wildman–Crippen MR) is 135 cm³/mol. The molecule has 196 valence electrons. The molecule has 4 aromatic rings. The van der Waals surface area contributed by atoms with Gasteiger partial charge in [0.2, 0.25) is 0 Å². The topological polar surface area (TPSA) is 91.8 Å². The van der Waals surface area contributed by atoms with Gasteiger partial charge in [-0.2, -0.15) is 13.2 Å². The Bertz CT molecular complexity index is 1470. The summed E-state index contributed by atoms with van der Waals surface area (Å²) >= 11 is 0. The van der Waals surface area contributed by atoms with Crippen molar-refractivity contribution in [3.05, 3.63) is 60.2 Å². The zero-order chi connectivity index (χ0) is 26.3. The summed E-state index contributed by atoms with van der Waals surface area (Å²) in [5.74, 6) is 1.88. The number of anilines is 3. The standard InChI is InChI=1S/C26H24F4N8/c27-11-18-14-38(8-7-32-18)25-23-19(15-1-2-15)12-31-13-20(23)35-24(37-25)16-3-5-33-21(9-16)36-22-10-17(4-6-34-22)26(28,29)30/h3-6,9-10,12-13,15,18,32H,1-2,7-8,11,14H2,(H,33,34,36). The Hall–Kier alpha value is -3.93. The number of rotatable bonds is 6. The monoisotopic (exact) mass is 524 g/mol. The normalized spacial score (nSPS) is 18.1. The number of alkyl halides is 4. The van der Waals surface area contributed by atoms with E-state index in [0.717, 1.165) is 47.9 Å². The van der Waals surface area contributed by atoms with Gasteiger partial charge in [0.1, 0.15) is 24.1 Å². The molecule has 8 nitrogen and oxygen atoms in total. The van der Waals surface area contributed by atoms with Gasteiger partial charge in [-0.1, -0.05) is 0 Å². The summed E-state index contributed by atoms with van der Waals surface area (Å²) in [6.07, 6.45) is 3.88. The fraction of sp³-hybridized carbons (Fsp3) is 0.346. The minimum atomic E-state index is -4.48. The summed E-state index contributed by atoms with van der Waals surface area (Å²) in [6, 6.07) is 4.94. The molecule has 1 aliphatic carbocycles. The van der Waals surface area contributed by atoms with Crippen LogP contribution in [0, 0.1) is 0 Å². The number of fused-ring (bicyclic) bond motifs is 1. The molecule has 1 saturated carbocycles. The molecule has 1 unspecified atom stereocenters. The highest BCUT2D eigenvalue weighted by atomic mass is 19.4. The van der Waals surface area contributed by atoms with Crippen molar-refractivity contribution >= 4 is 28.4 Å². The van der Waals surface area contributed by atoms with E-state index >= 15 is 0 Å². The van der Waals surface area contributed by atoms with Gasteiger partial charge >= 0.3 is 6.18 Å². The third-order valence-electron chi connectivity index (χ3n) is 6.74. The van der Waals surface area contributed by atoms with Crippen LogP contribution in [0.5, 0.6) is 0 Å². The maximum atomic E-state index is 13.5. The smallest absolute Gasteiger partial charge is 0.353 e. The van der Waals surface area contributed by atoms with Crippen molar-refractivity contribution < 1.29 is 17.6 Å². The Morgan fingerprint density at radius 2 is 1.82 bits per heavy atom. The molecule has 2 fully saturated rings. The van der Waals surface area contributed by atoms with Gasteiger partial charge in [-0.3, -0.25) is 4.98 Å². The van der Waals surface area contributed by atoms with Crippen LogP contribution in [0.1, 0.15) is 29.9 Å². The maximum absolute atomic E-state index is 13.5. The number of hydrogen-bond acceptors (Lipinski definition) is 8. The molecule has 1 saturated heterocycles. The molecule has 12 heteroatoms. The molecule has 0 spiro atoms. The highest BCUT2D eigenvalue weighted by Crippen LogP contribution is 2.45. The first-order chi connectivity index (χ1) is 18.4. The number of aromatic nitrogens is 5. The highest BCUT2D eigenvalue weighted by Gasteiger charge is 2.31. The molecule has 2 N–H and O–H groups in total. The first-order valence-electron chi connectivity index (χ1n) is 12.4.